The minimum atomic E-state index is -4.76. The number of esters is 1. The molecule has 12 heteroatoms. The van der Waals surface area contributed by atoms with Gasteiger partial charge in [-0.3, -0.25) is 4.79 Å². The van der Waals surface area contributed by atoms with Crippen LogP contribution in [0, 0.1) is 13.8 Å². The normalized spacial score (nSPS) is 11.6. The van der Waals surface area contributed by atoms with Crippen LogP contribution in [-0.4, -0.2) is 33.1 Å². The van der Waals surface area contributed by atoms with Crippen molar-refractivity contribution in [3.63, 3.8) is 0 Å². The fourth-order valence-corrected chi connectivity index (χ4v) is 4.98. The maximum absolute atomic E-state index is 13.9. The zero-order chi connectivity index (χ0) is 25.5. The van der Waals surface area contributed by atoms with Gasteiger partial charge in [0.05, 0.1) is 22.3 Å². The maximum atomic E-state index is 13.9. The van der Waals surface area contributed by atoms with E-state index < -0.39 is 23.7 Å². The smallest absolute Gasteiger partial charge is 0.433 e. The lowest BCUT2D eigenvalue weighted by atomic mass is 10.1. The standard InChI is InChI=1S/C23H18BrF3N4O3S/c1-4-34-22(33)16-11(2)12(3)35-21(16)29-20(32)18-17(24)19-28-14(13-8-6-5-7-9-13)10-15(23(25,26)27)31(19)30-18/h5-10H,4H2,1-3H3,(H,29,32). The second kappa shape index (κ2) is 9.42. The number of halogens is 4. The second-order valence-corrected chi connectivity index (χ2v) is 9.47. The molecule has 0 radical (unpaired) electrons. The van der Waals surface area contributed by atoms with Crippen molar-refractivity contribution in [3.8, 4) is 11.3 Å². The summed E-state index contributed by atoms with van der Waals surface area (Å²) in [5.74, 6) is -1.41. The number of carbonyl (C=O) groups is 2. The van der Waals surface area contributed by atoms with E-state index in [0.29, 0.717) is 15.6 Å². The number of thiophene rings is 1. The molecule has 0 fully saturated rings. The quantitative estimate of drug-likeness (QED) is 0.287. The van der Waals surface area contributed by atoms with Crippen LogP contribution < -0.4 is 5.32 Å². The van der Waals surface area contributed by atoms with Crippen molar-refractivity contribution < 1.29 is 27.5 Å². The van der Waals surface area contributed by atoms with Crippen molar-refractivity contribution in [2.75, 3.05) is 11.9 Å². The summed E-state index contributed by atoms with van der Waals surface area (Å²) in [6.07, 6.45) is -4.76. The van der Waals surface area contributed by atoms with Gasteiger partial charge in [-0.15, -0.1) is 11.3 Å². The van der Waals surface area contributed by atoms with Crippen LogP contribution in [0.5, 0.6) is 0 Å². The first-order chi connectivity index (χ1) is 16.5. The monoisotopic (exact) mass is 566 g/mol. The lowest BCUT2D eigenvalue weighted by Gasteiger charge is -2.11. The average Bonchev–Trinajstić information content (AvgIpc) is 3.29. The van der Waals surface area contributed by atoms with E-state index in [1.807, 2.05) is 0 Å². The number of hydrogen-bond acceptors (Lipinski definition) is 6. The number of ether oxygens (including phenoxy) is 1. The second-order valence-electron chi connectivity index (χ2n) is 7.45. The van der Waals surface area contributed by atoms with Gasteiger partial charge in [-0.1, -0.05) is 30.3 Å². The van der Waals surface area contributed by atoms with E-state index in [-0.39, 0.29) is 38.7 Å². The Bertz CT molecular complexity index is 1450. The number of nitrogens with one attached hydrogen (secondary N) is 1. The van der Waals surface area contributed by atoms with E-state index in [9.17, 15) is 22.8 Å². The van der Waals surface area contributed by atoms with Crippen LogP contribution in [0.25, 0.3) is 16.9 Å². The molecule has 0 atom stereocenters. The van der Waals surface area contributed by atoms with Gasteiger partial charge in [-0.25, -0.2) is 14.3 Å². The SMILES string of the molecule is CCOC(=O)c1c(NC(=O)c2nn3c(C(F)(F)F)cc(-c4ccccc4)nc3c2Br)sc(C)c1C. The Labute approximate surface area is 210 Å². The fourth-order valence-electron chi connectivity index (χ4n) is 3.42. The van der Waals surface area contributed by atoms with Gasteiger partial charge in [0.2, 0.25) is 0 Å². The van der Waals surface area contributed by atoms with Gasteiger partial charge in [-0.05, 0) is 48.3 Å². The van der Waals surface area contributed by atoms with E-state index >= 15 is 0 Å². The van der Waals surface area contributed by atoms with Gasteiger partial charge in [0.15, 0.2) is 17.0 Å². The van der Waals surface area contributed by atoms with Crippen LogP contribution >= 0.6 is 27.3 Å². The minimum Gasteiger partial charge on any atom is -0.462 e. The number of hydrogen-bond donors (Lipinski definition) is 1. The molecule has 182 valence electrons. The summed E-state index contributed by atoms with van der Waals surface area (Å²) in [5, 5.41) is 6.73. The first-order valence-electron chi connectivity index (χ1n) is 10.3. The molecule has 4 rings (SSSR count). The van der Waals surface area contributed by atoms with E-state index in [1.165, 1.54) is 0 Å². The number of rotatable bonds is 5. The molecule has 7 nitrogen and oxygen atoms in total. The van der Waals surface area contributed by atoms with Crippen molar-refractivity contribution in [1.29, 1.82) is 0 Å². The number of anilines is 1. The Hall–Kier alpha value is -3.25. The molecule has 0 unspecified atom stereocenters. The molecule has 1 amide bonds. The molecule has 0 spiro atoms. The van der Waals surface area contributed by atoms with Crippen LogP contribution in [0.4, 0.5) is 18.2 Å². The summed E-state index contributed by atoms with van der Waals surface area (Å²) < 4.78 is 47.4. The number of nitrogens with zero attached hydrogens (tertiary/aromatic N) is 3. The first-order valence-corrected chi connectivity index (χ1v) is 11.9. The number of aromatic nitrogens is 3. The molecule has 1 aromatic carbocycles. The summed E-state index contributed by atoms with van der Waals surface area (Å²) in [6, 6.07) is 9.26. The van der Waals surface area contributed by atoms with Crippen molar-refractivity contribution in [1.82, 2.24) is 14.6 Å². The van der Waals surface area contributed by atoms with E-state index in [2.05, 4.69) is 31.3 Å². The molecule has 0 saturated heterocycles. The number of fused-ring (bicyclic) bond motifs is 1. The molecule has 3 aromatic heterocycles. The molecular weight excluding hydrogens is 549 g/mol. The molecule has 35 heavy (non-hydrogen) atoms. The highest BCUT2D eigenvalue weighted by atomic mass is 79.9. The van der Waals surface area contributed by atoms with Crippen molar-refractivity contribution in [2.45, 2.75) is 26.9 Å². The van der Waals surface area contributed by atoms with Crippen molar-refractivity contribution in [2.24, 2.45) is 0 Å². The number of aryl methyl sites for hydroxylation is 1. The molecule has 0 aliphatic carbocycles. The number of amides is 1. The lowest BCUT2D eigenvalue weighted by molar-refractivity contribution is -0.142. The van der Waals surface area contributed by atoms with Gasteiger partial charge in [0, 0.05) is 10.4 Å². The maximum Gasteiger partial charge on any atom is 0.433 e. The molecule has 1 N–H and O–H groups in total. The third kappa shape index (κ3) is 4.67. The first kappa shape index (κ1) is 24.9. The van der Waals surface area contributed by atoms with Crippen LogP contribution in [0.2, 0.25) is 0 Å². The summed E-state index contributed by atoms with van der Waals surface area (Å²) in [6.45, 7) is 5.31. The van der Waals surface area contributed by atoms with E-state index in [4.69, 9.17) is 4.74 Å². The summed E-state index contributed by atoms with van der Waals surface area (Å²) in [4.78, 5) is 30.6. The summed E-state index contributed by atoms with van der Waals surface area (Å²) >= 11 is 4.36. The Kier molecular flexibility index (Phi) is 6.69. The van der Waals surface area contributed by atoms with Gasteiger partial charge in [-0.2, -0.15) is 18.3 Å². The van der Waals surface area contributed by atoms with Crippen molar-refractivity contribution in [3.05, 3.63) is 68.3 Å². The van der Waals surface area contributed by atoms with Crippen LogP contribution in [0.3, 0.4) is 0 Å². The molecule has 0 bridgehead atoms. The number of benzene rings is 1. The lowest BCUT2D eigenvalue weighted by Crippen LogP contribution is -2.17. The van der Waals surface area contributed by atoms with Crippen LogP contribution in [0.15, 0.2) is 40.9 Å². The van der Waals surface area contributed by atoms with Gasteiger partial charge in [0.1, 0.15) is 5.00 Å². The Morgan fingerprint density at radius 2 is 1.89 bits per heavy atom. The third-order valence-corrected chi connectivity index (χ3v) is 7.05. The molecular formula is C23H18BrF3N4O3S. The molecule has 3 heterocycles. The van der Waals surface area contributed by atoms with Gasteiger partial charge in [0.25, 0.3) is 5.91 Å². The highest BCUT2D eigenvalue weighted by Crippen LogP contribution is 2.36. The summed E-state index contributed by atoms with van der Waals surface area (Å²) in [7, 11) is 0. The molecule has 0 aliphatic rings. The Morgan fingerprint density at radius 1 is 1.20 bits per heavy atom. The Morgan fingerprint density at radius 3 is 2.51 bits per heavy atom. The topological polar surface area (TPSA) is 85.6 Å². The minimum absolute atomic E-state index is 0.0130. The fraction of sp³-hybridized carbons (Fsp3) is 0.217. The van der Waals surface area contributed by atoms with Gasteiger partial charge >= 0.3 is 12.1 Å². The highest BCUT2D eigenvalue weighted by Gasteiger charge is 2.37. The number of alkyl halides is 3. The third-order valence-electron chi connectivity index (χ3n) is 5.20. The molecule has 0 aliphatic heterocycles. The van der Waals surface area contributed by atoms with Crippen LogP contribution in [-0.2, 0) is 10.9 Å². The predicted octanol–water partition coefficient (Wildman–Crippen LogP) is 6.28. The largest absolute Gasteiger partial charge is 0.462 e. The Balaban J connectivity index is 1.81. The molecule has 4 aromatic rings. The number of carbonyl (C=O) groups excluding carboxylic acids is 2. The van der Waals surface area contributed by atoms with E-state index in [1.54, 1.807) is 51.1 Å². The highest BCUT2D eigenvalue weighted by molar-refractivity contribution is 9.10. The zero-order valence-corrected chi connectivity index (χ0v) is 21.1. The van der Waals surface area contributed by atoms with Crippen molar-refractivity contribution >= 4 is 49.8 Å². The van der Waals surface area contributed by atoms with Crippen LogP contribution in [0.1, 0.15) is 43.9 Å². The van der Waals surface area contributed by atoms with Gasteiger partial charge < -0.3 is 10.1 Å². The van der Waals surface area contributed by atoms with E-state index in [0.717, 1.165) is 22.3 Å². The zero-order valence-electron chi connectivity index (χ0n) is 18.7. The predicted molar refractivity (Wildman–Crippen MR) is 129 cm³/mol. The average molecular weight is 567 g/mol. The summed E-state index contributed by atoms with van der Waals surface area (Å²) in [5.41, 5.74) is -0.180. The molecule has 0 saturated carbocycles.